The van der Waals surface area contributed by atoms with Crippen molar-refractivity contribution >= 4 is 131 Å². The van der Waals surface area contributed by atoms with Crippen LogP contribution >= 0.6 is 12.6 Å². The number of phenolic OH excluding ortho intramolecular Hbond substituents is 1. The molecule has 0 saturated carbocycles. The minimum Gasteiger partial charge on any atom is -0.508 e. The number of hydrogen-bond acceptors (Lipinski definition) is 24. The lowest BCUT2D eigenvalue weighted by Gasteiger charge is -2.29. The van der Waals surface area contributed by atoms with Gasteiger partial charge in [0.25, 0.3) is 0 Å². The van der Waals surface area contributed by atoms with Crippen molar-refractivity contribution in [2.24, 2.45) is 62.0 Å². The Morgan fingerprint density at radius 2 is 0.858 bits per heavy atom. The van der Waals surface area contributed by atoms with Gasteiger partial charge in [-0.2, -0.15) is 12.6 Å². The van der Waals surface area contributed by atoms with Gasteiger partial charge in [0.1, 0.15) is 78.3 Å². The van der Waals surface area contributed by atoms with Crippen molar-refractivity contribution in [2.45, 2.75) is 217 Å². The number of rotatable bonds is 53. The van der Waals surface area contributed by atoms with Crippen molar-refractivity contribution < 1.29 is 107 Å². The molecule has 0 bridgehead atoms. The summed E-state index contributed by atoms with van der Waals surface area (Å²) < 4.78 is 0. The van der Waals surface area contributed by atoms with Gasteiger partial charge in [-0.25, -0.2) is 0 Å². The van der Waals surface area contributed by atoms with Crippen LogP contribution in [0.25, 0.3) is 0 Å². The van der Waals surface area contributed by atoms with Crippen LogP contribution < -0.4 is 115 Å². The van der Waals surface area contributed by atoms with Crippen molar-refractivity contribution in [3.8, 4) is 5.75 Å². The zero-order chi connectivity index (χ0) is 86.1. The highest BCUT2D eigenvalue weighted by molar-refractivity contribution is 7.80. The summed E-state index contributed by atoms with van der Waals surface area (Å²) in [4.78, 5) is 246. The van der Waals surface area contributed by atoms with Crippen molar-refractivity contribution in [1.29, 1.82) is 0 Å². The van der Waals surface area contributed by atoms with E-state index in [2.05, 4.69) is 97.0 Å². The van der Waals surface area contributed by atoms with Crippen LogP contribution in [0.15, 0.2) is 34.3 Å². The van der Waals surface area contributed by atoms with Crippen LogP contribution in [0, 0.1) is 11.8 Å². The first-order valence-electron chi connectivity index (χ1n) is 35.9. The Kier molecular flexibility index (Phi) is 44.8. The molecule has 1 rings (SSSR count). The number of amides is 16. The summed E-state index contributed by atoms with van der Waals surface area (Å²) in [6, 6.07) is -14.7. The van der Waals surface area contributed by atoms with Gasteiger partial charge in [-0.3, -0.25) is 96.3 Å². The molecule has 0 unspecified atom stereocenters. The van der Waals surface area contributed by atoms with E-state index in [9.17, 15) is 102 Å². The van der Waals surface area contributed by atoms with E-state index in [-0.39, 0.29) is 81.6 Å². The molecule has 15 atom stereocenters. The molecular formula is C67H111N23O22S. The number of nitrogens with zero attached hydrogens (tertiary/aromatic N) is 2. The minimum absolute atomic E-state index is 0.0269. The van der Waals surface area contributed by atoms with Crippen LogP contribution in [0.4, 0.5) is 0 Å². The molecule has 0 saturated heterocycles. The zero-order valence-electron chi connectivity index (χ0n) is 64.1. The van der Waals surface area contributed by atoms with E-state index in [4.69, 9.17) is 45.2 Å². The van der Waals surface area contributed by atoms with E-state index in [1.165, 1.54) is 45.0 Å². The number of primary amides is 2. The first kappa shape index (κ1) is 99.3. The Morgan fingerprint density at radius 3 is 1.33 bits per heavy atom. The fourth-order valence-corrected chi connectivity index (χ4v) is 10.4. The standard InChI is InChI=1S/C67H111N23O22S/c1-9-31(4)51(89-61(107)44(26-47(70)94)87-58(104)42(19-21-50(97)98)82-55(101)38(68)25-36-14-16-37(92)17-15-36)63(109)88-45(29-113)62(108)86-43(24-30(2)3)60(106)84-40(13-11-23-76-67(73)74)56(102)83-39(12-10-22-75-66(71)72)57(103)85-41(18-20-46(69)93)59(105)90-52(35(8)91)64(110)80-32(5)53(99)78-27-48(95)77-28-49(96)79-33(6)54(100)81-34(7)65(111)112/h14-17,30-35,38-45,51-52,91-92,113H,9-13,18-29,68H2,1-8H3,(H2,69,93)(H2,70,94)(H,77,95)(H,78,99)(H,79,96)(H,80,110)(H,81,100)(H,82,101)(H,83,102)(H,84,106)(H,85,103)(H,86,108)(H,87,104)(H,88,109)(H,89,107)(H,90,105)(H,97,98)(H,111,112)(H4,71,72,75)(H4,73,74,76)/t31-,32-,33-,34-,35+,38-,39-,40-,41-,42-,43-,44-,45-,51-,52-/m0/s1. The van der Waals surface area contributed by atoms with Gasteiger partial charge in [0.2, 0.25) is 94.5 Å². The molecule has 0 heterocycles. The molecule has 0 fully saturated rings. The number of aromatic hydroxyl groups is 1. The van der Waals surface area contributed by atoms with E-state index in [1.807, 2.05) is 0 Å². The number of carboxylic acids is 2. The summed E-state index contributed by atoms with van der Waals surface area (Å²) in [5, 5.41) is 71.8. The van der Waals surface area contributed by atoms with Crippen LogP contribution in [0.3, 0.4) is 0 Å². The average molecular weight is 1620 g/mol. The number of phenols is 1. The number of hydrogen-bond donors (Lipinski definition) is 26. The molecule has 46 heteroatoms. The quantitative estimate of drug-likeness (QED) is 0.0125. The third-order valence-corrected chi connectivity index (χ3v) is 17.0. The molecule has 0 aromatic heterocycles. The minimum atomic E-state index is -1.90. The zero-order valence-corrected chi connectivity index (χ0v) is 65.0. The third kappa shape index (κ3) is 39.7. The number of aliphatic hydroxyl groups is 1. The van der Waals surface area contributed by atoms with Gasteiger partial charge in [0.15, 0.2) is 11.9 Å². The highest BCUT2D eigenvalue weighted by Gasteiger charge is 2.39. The molecule has 632 valence electrons. The maximum atomic E-state index is 14.6. The van der Waals surface area contributed by atoms with Crippen molar-refractivity contribution in [1.82, 2.24) is 74.4 Å². The van der Waals surface area contributed by atoms with E-state index < -0.39 is 248 Å². The Morgan fingerprint density at radius 1 is 0.442 bits per heavy atom. The number of nitrogens with two attached hydrogens (primary N) is 7. The lowest BCUT2D eigenvalue weighted by molar-refractivity contribution is -0.141. The second kappa shape index (κ2) is 51.0. The van der Waals surface area contributed by atoms with Crippen LogP contribution in [-0.2, 0) is 92.7 Å². The SMILES string of the molecule is CC[C@H](C)[C@H](NC(=O)[C@H](CC(N)=O)NC(=O)[C@H](CCC(=O)O)NC(=O)[C@@H](N)Cc1ccc(O)cc1)C(=O)N[C@@H](CS)C(=O)N[C@@H](CC(C)C)C(=O)N[C@@H](CCCN=C(N)N)C(=O)N[C@@H](CCCN=C(N)N)C(=O)N[C@@H](CCC(N)=O)C(=O)N[C@H](C(=O)N[C@@H](C)C(=O)NCC(=O)NCC(=O)N[C@@H](C)C(=O)N[C@@H](C)C(=O)O)[C@@H](C)O. The summed E-state index contributed by atoms with van der Waals surface area (Å²) in [5.74, 6) is -21.6. The second-order valence-electron chi connectivity index (χ2n) is 26.9. The van der Waals surface area contributed by atoms with E-state index in [0.29, 0.717) is 5.56 Å². The maximum absolute atomic E-state index is 14.6. The van der Waals surface area contributed by atoms with Crippen molar-refractivity contribution in [3.63, 3.8) is 0 Å². The lowest BCUT2D eigenvalue weighted by Crippen LogP contribution is -2.62. The number of benzene rings is 1. The van der Waals surface area contributed by atoms with Crippen LogP contribution in [0.1, 0.15) is 132 Å². The Labute approximate surface area is 656 Å². The van der Waals surface area contributed by atoms with Crippen molar-refractivity contribution in [3.05, 3.63) is 29.8 Å². The van der Waals surface area contributed by atoms with Gasteiger partial charge in [0, 0.05) is 31.7 Å². The first-order valence-corrected chi connectivity index (χ1v) is 36.6. The molecule has 32 N–H and O–H groups in total. The van der Waals surface area contributed by atoms with Gasteiger partial charge in [-0.15, -0.1) is 0 Å². The topological polar surface area (TPSA) is 763 Å². The predicted molar refractivity (Wildman–Crippen MR) is 407 cm³/mol. The molecule has 0 aliphatic rings. The molecule has 0 radical (unpaired) electrons. The smallest absolute Gasteiger partial charge is 0.325 e. The average Bonchev–Trinajstić information content (AvgIpc) is 0.851. The molecule has 1 aromatic carbocycles. The number of nitrogens with one attached hydrogen (secondary N) is 14. The number of thiol groups is 1. The lowest BCUT2D eigenvalue weighted by atomic mass is 9.97. The highest BCUT2D eigenvalue weighted by atomic mass is 32.1. The Balaban J connectivity index is 3.57. The van der Waals surface area contributed by atoms with Crippen molar-refractivity contribution in [2.75, 3.05) is 31.9 Å². The van der Waals surface area contributed by atoms with Gasteiger partial charge in [0.05, 0.1) is 31.7 Å². The van der Waals surface area contributed by atoms with Gasteiger partial charge in [-0.1, -0.05) is 46.2 Å². The summed E-state index contributed by atoms with van der Waals surface area (Å²) >= 11 is 4.28. The van der Waals surface area contributed by atoms with E-state index >= 15 is 0 Å². The molecular weight excluding hydrogens is 1510 g/mol. The first-order chi connectivity index (χ1) is 52.8. The normalized spacial score (nSPS) is 14.9. The molecule has 113 heavy (non-hydrogen) atoms. The van der Waals surface area contributed by atoms with E-state index in [0.717, 1.165) is 13.8 Å². The largest absolute Gasteiger partial charge is 0.508 e. The predicted octanol–water partition coefficient (Wildman–Crippen LogP) is -10.0. The number of carboxylic acid groups (broad SMARTS) is 2. The number of aliphatic imine (C=N–C) groups is 2. The molecule has 0 spiro atoms. The maximum Gasteiger partial charge on any atom is 0.325 e. The monoisotopic (exact) mass is 1620 g/mol. The van der Waals surface area contributed by atoms with Crippen LogP contribution in [0.5, 0.6) is 5.75 Å². The Hall–Kier alpha value is -11.7. The second-order valence-corrected chi connectivity index (χ2v) is 27.3. The molecule has 45 nitrogen and oxygen atoms in total. The molecule has 0 aliphatic heterocycles. The number of aliphatic carboxylic acids is 2. The highest BCUT2D eigenvalue weighted by Crippen LogP contribution is 2.15. The van der Waals surface area contributed by atoms with Gasteiger partial charge >= 0.3 is 11.9 Å². The number of carbonyl (C=O) groups is 18. The van der Waals surface area contributed by atoms with Gasteiger partial charge < -0.3 is 135 Å². The fraction of sp³-hybridized carbons (Fsp3) is 0.612. The number of aliphatic hydroxyl groups excluding tert-OH is 1. The summed E-state index contributed by atoms with van der Waals surface area (Å²) in [5.41, 5.74) is 39.7. The number of carbonyl (C=O) groups excluding carboxylic acids is 16. The van der Waals surface area contributed by atoms with Crippen LogP contribution in [0.2, 0.25) is 0 Å². The third-order valence-electron chi connectivity index (χ3n) is 16.6. The molecule has 16 amide bonds. The van der Waals surface area contributed by atoms with Crippen LogP contribution in [-0.4, -0.2) is 255 Å². The van der Waals surface area contributed by atoms with Gasteiger partial charge in [-0.05, 0) is 109 Å². The summed E-state index contributed by atoms with van der Waals surface area (Å²) in [6.45, 7) is 9.51. The Bertz CT molecular complexity index is 3540. The summed E-state index contributed by atoms with van der Waals surface area (Å²) in [7, 11) is 0. The molecule has 0 aliphatic carbocycles. The van der Waals surface area contributed by atoms with E-state index in [1.54, 1.807) is 20.8 Å². The molecule has 1 aromatic rings. The summed E-state index contributed by atoms with van der Waals surface area (Å²) in [6.07, 6.45) is -5.67. The fourth-order valence-electron chi connectivity index (χ4n) is 10.1. The number of guanidine groups is 2.